The number of aryl methyl sites for hydroxylation is 2. The minimum Gasteiger partial charge on any atom is -0.345 e. The Hall–Kier alpha value is -1.85. The zero-order valence-corrected chi connectivity index (χ0v) is 12.5. The lowest BCUT2D eigenvalue weighted by Gasteiger charge is -2.37. The monoisotopic (exact) mass is 278 g/mol. The van der Waals surface area contributed by atoms with Crippen molar-refractivity contribution in [3.05, 3.63) is 17.5 Å². The third kappa shape index (κ3) is 2.69. The molecule has 2 amide bonds. The van der Waals surface area contributed by atoms with Gasteiger partial charge in [0.05, 0.1) is 24.5 Å². The molecular formula is C14H22N4O2. The van der Waals surface area contributed by atoms with Crippen LogP contribution in [0.1, 0.15) is 32.2 Å². The molecule has 0 radical (unpaired) electrons. The van der Waals surface area contributed by atoms with Gasteiger partial charge in [-0.15, -0.1) is 0 Å². The Bertz CT molecular complexity index is 521. The highest BCUT2D eigenvalue weighted by atomic mass is 16.2. The van der Waals surface area contributed by atoms with Gasteiger partial charge >= 0.3 is 0 Å². The number of piperazine rings is 1. The van der Waals surface area contributed by atoms with Gasteiger partial charge in [-0.25, -0.2) is 0 Å². The molecule has 2 rings (SSSR count). The van der Waals surface area contributed by atoms with Crippen LogP contribution in [-0.2, 0) is 22.7 Å². The van der Waals surface area contributed by atoms with E-state index in [4.69, 9.17) is 0 Å². The zero-order valence-electron chi connectivity index (χ0n) is 12.5. The zero-order chi connectivity index (χ0) is 14.9. The summed E-state index contributed by atoms with van der Waals surface area (Å²) < 4.78 is 1.88. The number of nitrogens with zero attached hydrogens (tertiary/aromatic N) is 3. The van der Waals surface area contributed by atoms with Crippen molar-refractivity contribution in [2.75, 3.05) is 6.54 Å². The van der Waals surface area contributed by atoms with E-state index in [1.54, 1.807) is 4.90 Å². The van der Waals surface area contributed by atoms with Crippen LogP contribution in [0, 0.1) is 12.8 Å². The van der Waals surface area contributed by atoms with Gasteiger partial charge < -0.3 is 10.2 Å². The van der Waals surface area contributed by atoms with Crippen molar-refractivity contribution < 1.29 is 9.59 Å². The fourth-order valence-electron chi connectivity index (χ4n) is 2.69. The first-order valence-electron chi connectivity index (χ1n) is 7.04. The number of rotatable bonds is 4. The summed E-state index contributed by atoms with van der Waals surface area (Å²) in [5.74, 6) is -0.0259. The van der Waals surface area contributed by atoms with Crippen LogP contribution in [0.2, 0.25) is 0 Å². The molecule has 1 atom stereocenters. The van der Waals surface area contributed by atoms with Crippen molar-refractivity contribution in [1.82, 2.24) is 20.0 Å². The minimum absolute atomic E-state index is 0.0372. The van der Waals surface area contributed by atoms with Crippen LogP contribution >= 0.6 is 0 Å². The Morgan fingerprint density at radius 1 is 1.45 bits per heavy atom. The molecule has 6 nitrogen and oxygen atoms in total. The number of amides is 2. The van der Waals surface area contributed by atoms with Gasteiger partial charge in [0.2, 0.25) is 11.8 Å². The van der Waals surface area contributed by atoms with Gasteiger partial charge in [-0.3, -0.25) is 14.3 Å². The summed E-state index contributed by atoms with van der Waals surface area (Å²) >= 11 is 0. The molecule has 1 aromatic rings. The van der Waals surface area contributed by atoms with Gasteiger partial charge in [0.1, 0.15) is 6.04 Å². The summed E-state index contributed by atoms with van der Waals surface area (Å²) in [7, 11) is 0. The van der Waals surface area contributed by atoms with E-state index >= 15 is 0 Å². The lowest BCUT2D eigenvalue weighted by atomic mass is 9.99. The van der Waals surface area contributed by atoms with Crippen LogP contribution in [0.4, 0.5) is 0 Å². The Morgan fingerprint density at radius 2 is 2.15 bits per heavy atom. The van der Waals surface area contributed by atoms with Crippen LogP contribution in [0.5, 0.6) is 0 Å². The molecule has 1 N–H and O–H groups in total. The largest absolute Gasteiger partial charge is 0.345 e. The van der Waals surface area contributed by atoms with Crippen molar-refractivity contribution in [2.24, 2.45) is 5.92 Å². The molecule has 0 saturated carbocycles. The van der Waals surface area contributed by atoms with Gasteiger partial charge in [0, 0.05) is 6.54 Å². The van der Waals surface area contributed by atoms with Crippen LogP contribution in [0.15, 0.2) is 6.07 Å². The third-order valence-electron chi connectivity index (χ3n) is 3.59. The summed E-state index contributed by atoms with van der Waals surface area (Å²) in [4.78, 5) is 25.8. The second-order valence-corrected chi connectivity index (χ2v) is 5.52. The molecule has 0 spiro atoms. The van der Waals surface area contributed by atoms with Crippen molar-refractivity contribution in [2.45, 2.75) is 46.8 Å². The molecular weight excluding hydrogens is 256 g/mol. The summed E-state index contributed by atoms with van der Waals surface area (Å²) in [5.41, 5.74) is 1.90. The lowest BCUT2D eigenvalue weighted by Crippen LogP contribution is -2.59. The molecule has 0 bridgehead atoms. The predicted molar refractivity (Wildman–Crippen MR) is 74.8 cm³/mol. The molecule has 0 aromatic carbocycles. The molecule has 1 aliphatic rings. The van der Waals surface area contributed by atoms with E-state index in [-0.39, 0.29) is 24.3 Å². The Labute approximate surface area is 119 Å². The number of hydrogen-bond acceptors (Lipinski definition) is 3. The first-order chi connectivity index (χ1) is 9.43. The second-order valence-electron chi connectivity index (χ2n) is 5.52. The Kier molecular flexibility index (Phi) is 4.11. The van der Waals surface area contributed by atoms with Crippen LogP contribution in [0.3, 0.4) is 0 Å². The smallest absolute Gasteiger partial charge is 0.243 e. The summed E-state index contributed by atoms with van der Waals surface area (Å²) in [6.07, 6.45) is 0. The minimum atomic E-state index is -0.406. The van der Waals surface area contributed by atoms with Gasteiger partial charge in [-0.1, -0.05) is 13.8 Å². The molecule has 6 heteroatoms. The maximum atomic E-state index is 12.1. The fraction of sp³-hybridized carbons (Fsp3) is 0.643. The summed E-state index contributed by atoms with van der Waals surface area (Å²) in [5, 5.41) is 7.05. The molecule has 20 heavy (non-hydrogen) atoms. The molecule has 2 heterocycles. The van der Waals surface area contributed by atoms with Gasteiger partial charge in [0.25, 0.3) is 0 Å². The molecule has 1 aliphatic heterocycles. The highest BCUT2D eigenvalue weighted by molar-refractivity contribution is 5.94. The van der Waals surface area contributed by atoms with Crippen LogP contribution in [0.25, 0.3) is 0 Å². The number of carbonyl (C=O) groups is 2. The van der Waals surface area contributed by atoms with Crippen LogP contribution < -0.4 is 5.32 Å². The van der Waals surface area contributed by atoms with Gasteiger partial charge in [0.15, 0.2) is 0 Å². The standard InChI is InChI=1S/C14H22N4O2/c1-5-18-11(6-10(4)16-18)8-17-12(19)7-15-14(20)13(17)9(2)3/h6,9,13H,5,7-8H2,1-4H3,(H,15,20). The number of carbonyl (C=O) groups excluding carboxylic acids is 2. The molecule has 0 aliphatic carbocycles. The average molecular weight is 278 g/mol. The quantitative estimate of drug-likeness (QED) is 0.881. The lowest BCUT2D eigenvalue weighted by molar-refractivity contribution is -0.148. The average Bonchev–Trinajstić information content (AvgIpc) is 2.73. The number of nitrogens with one attached hydrogen (secondary N) is 1. The van der Waals surface area contributed by atoms with Crippen molar-refractivity contribution >= 4 is 11.8 Å². The molecule has 1 fully saturated rings. The summed E-state index contributed by atoms with van der Waals surface area (Å²) in [6, 6.07) is 1.57. The number of hydrogen-bond donors (Lipinski definition) is 1. The maximum Gasteiger partial charge on any atom is 0.243 e. The van der Waals surface area contributed by atoms with E-state index in [0.717, 1.165) is 17.9 Å². The molecule has 1 aromatic heterocycles. The van der Waals surface area contributed by atoms with E-state index in [1.165, 1.54) is 0 Å². The SMILES string of the molecule is CCn1nc(C)cc1CN1C(=O)CNC(=O)C1C(C)C. The van der Waals surface area contributed by atoms with Gasteiger partial charge in [-0.05, 0) is 25.8 Å². The predicted octanol–water partition coefficient (Wildman–Crippen LogP) is 0.694. The normalized spacial score (nSPS) is 19.6. The highest BCUT2D eigenvalue weighted by Gasteiger charge is 2.36. The number of aromatic nitrogens is 2. The first-order valence-corrected chi connectivity index (χ1v) is 7.04. The van der Waals surface area contributed by atoms with E-state index in [1.807, 2.05) is 38.4 Å². The third-order valence-corrected chi connectivity index (χ3v) is 3.59. The van der Waals surface area contributed by atoms with Crippen molar-refractivity contribution in [3.8, 4) is 0 Å². The molecule has 1 saturated heterocycles. The molecule has 1 unspecified atom stereocenters. The van der Waals surface area contributed by atoms with Gasteiger partial charge in [-0.2, -0.15) is 5.10 Å². The van der Waals surface area contributed by atoms with Crippen molar-refractivity contribution in [1.29, 1.82) is 0 Å². The topological polar surface area (TPSA) is 67.2 Å². The molecule has 110 valence electrons. The maximum absolute atomic E-state index is 12.1. The van der Waals surface area contributed by atoms with E-state index in [9.17, 15) is 9.59 Å². The van der Waals surface area contributed by atoms with E-state index in [0.29, 0.717) is 6.54 Å². The summed E-state index contributed by atoms with van der Waals surface area (Å²) in [6.45, 7) is 9.13. The van der Waals surface area contributed by atoms with Crippen molar-refractivity contribution in [3.63, 3.8) is 0 Å². The first kappa shape index (κ1) is 14.6. The van der Waals surface area contributed by atoms with E-state index < -0.39 is 6.04 Å². The Morgan fingerprint density at radius 3 is 2.75 bits per heavy atom. The van der Waals surface area contributed by atoms with E-state index in [2.05, 4.69) is 10.4 Å². The fourth-order valence-corrected chi connectivity index (χ4v) is 2.69. The highest BCUT2D eigenvalue weighted by Crippen LogP contribution is 2.18. The van der Waals surface area contributed by atoms with Crippen LogP contribution in [-0.4, -0.2) is 39.1 Å². The second kappa shape index (κ2) is 5.64. The Balaban J connectivity index is 2.27.